The van der Waals surface area contributed by atoms with Crippen LogP contribution in [0.4, 0.5) is 5.69 Å². The van der Waals surface area contributed by atoms with Gasteiger partial charge in [-0.2, -0.15) is 0 Å². The zero-order chi connectivity index (χ0) is 19.4. The second-order valence-corrected chi connectivity index (χ2v) is 5.85. The molecular weight excluding hydrogens is 344 g/mol. The van der Waals surface area contributed by atoms with Crippen LogP contribution in [-0.2, 0) is 9.59 Å². The zero-order valence-electron chi connectivity index (χ0n) is 15.2. The molecule has 0 atom stereocenters. The van der Waals surface area contributed by atoms with Gasteiger partial charge in [-0.25, -0.2) is 0 Å². The van der Waals surface area contributed by atoms with E-state index in [1.165, 1.54) is 6.08 Å². The summed E-state index contributed by atoms with van der Waals surface area (Å²) in [5.41, 5.74) is 1.82. The molecule has 1 aliphatic rings. The van der Waals surface area contributed by atoms with Gasteiger partial charge in [-0.05, 0) is 29.8 Å². The fourth-order valence-electron chi connectivity index (χ4n) is 2.86. The van der Waals surface area contributed by atoms with Crippen molar-refractivity contribution in [3.8, 4) is 11.5 Å². The van der Waals surface area contributed by atoms with Gasteiger partial charge in [0.1, 0.15) is 17.2 Å². The van der Waals surface area contributed by atoms with Gasteiger partial charge < -0.3 is 14.8 Å². The van der Waals surface area contributed by atoms with E-state index >= 15 is 0 Å². The van der Waals surface area contributed by atoms with E-state index in [9.17, 15) is 9.59 Å². The number of nitrogens with one attached hydrogen (secondary N) is 1. The SMILES string of the molecule is C=CCN1C(=O)C(Nc2cccc(OC)c2)=C(c2ccc(OC)cc2)C1=O. The maximum Gasteiger partial charge on any atom is 0.278 e. The van der Waals surface area contributed by atoms with Crippen molar-refractivity contribution in [1.29, 1.82) is 0 Å². The first-order valence-electron chi connectivity index (χ1n) is 8.36. The Bertz CT molecular complexity index is 916. The maximum atomic E-state index is 12.9. The Labute approximate surface area is 157 Å². The van der Waals surface area contributed by atoms with E-state index in [-0.39, 0.29) is 18.1 Å². The minimum absolute atomic E-state index is 0.139. The van der Waals surface area contributed by atoms with Gasteiger partial charge in [0.15, 0.2) is 0 Å². The second kappa shape index (κ2) is 7.78. The number of nitrogens with zero attached hydrogens (tertiary/aromatic N) is 1. The number of amides is 2. The molecule has 0 aliphatic carbocycles. The molecule has 0 bridgehead atoms. The largest absolute Gasteiger partial charge is 0.497 e. The standard InChI is InChI=1S/C21H20N2O4/c1-4-12-23-20(24)18(14-8-10-16(26-2)11-9-14)19(21(23)25)22-15-6-5-7-17(13-15)27-3/h4-11,13,22H,1,12H2,2-3H3. The van der Waals surface area contributed by atoms with Crippen molar-refractivity contribution in [3.05, 3.63) is 72.4 Å². The molecule has 3 rings (SSSR count). The molecule has 2 aromatic rings. The highest BCUT2D eigenvalue weighted by molar-refractivity contribution is 6.36. The molecule has 6 heteroatoms. The van der Waals surface area contributed by atoms with Crippen molar-refractivity contribution < 1.29 is 19.1 Å². The lowest BCUT2D eigenvalue weighted by Gasteiger charge is -2.12. The molecule has 0 unspecified atom stereocenters. The number of methoxy groups -OCH3 is 2. The Balaban J connectivity index is 2.06. The molecule has 1 aliphatic heterocycles. The van der Waals surface area contributed by atoms with E-state index in [0.29, 0.717) is 28.3 Å². The zero-order valence-corrected chi connectivity index (χ0v) is 15.2. The molecule has 0 saturated carbocycles. The van der Waals surface area contributed by atoms with Crippen molar-refractivity contribution >= 4 is 23.1 Å². The van der Waals surface area contributed by atoms with Gasteiger partial charge in [0.05, 0.1) is 19.8 Å². The molecule has 1 N–H and O–H groups in total. The molecule has 2 amide bonds. The van der Waals surface area contributed by atoms with Crippen LogP contribution >= 0.6 is 0 Å². The van der Waals surface area contributed by atoms with E-state index in [2.05, 4.69) is 11.9 Å². The molecule has 0 saturated heterocycles. The molecular formula is C21H20N2O4. The maximum absolute atomic E-state index is 12.9. The van der Waals surface area contributed by atoms with E-state index < -0.39 is 5.91 Å². The van der Waals surface area contributed by atoms with Crippen LogP contribution in [0, 0.1) is 0 Å². The third-order valence-corrected chi connectivity index (χ3v) is 4.20. The molecule has 0 radical (unpaired) electrons. The number of carbonyl (C=O) groups is 2. The van der Waals surface area contributed by atoms with E-state index in [0.717, 1.165) is 4.90 Å². The summed E-state index contributed by atoms with van der Waals surface area (Å²) in [4.78, 5) is 26.9. The molecule has 2 aromatic carbocycles. The average Bonchev–Trinajstić information content (AvgIpc) is 2.93. The summed E-state index contributed by atoms with van der Waals surface area (Å²) in [6.45, 7) is 3.77. The number of carbonyl (C=O) groups excluding carboxylic acids is 2. The van der Waals surface area contributed by atoms with Crippen molar-refractivity contribution in [3.63, 3.8) is 0 Å². The van der Waals surface area contributed by atoms with Gasteiger partial charge >= 0.3 is 0 Å². The quantitative estimate of drug-likeness (QED) is 0.604. The topological polar surface area (TPSA) is 67.9 Å². The smallest absolute Gasteiger partial charge is 0.278 e. The summed E-state index contributed by atoms with van der Waals surface area (Å²) >= 11 is 0. The number of ether oxygens (including phenoxy) is 2. The van der Waals surface area contributed by atoms with Crippen molar-refractivity contribution in [2.45, 2.75) is 0 Å². The summed E-state index contributed by atoms with van der Waals surface area (Å²) < 4.78 is 10.4. The number of hydrogen-bond donors (Lipinski definition) is 1. The summed E-state index contributed by atoms with van der Waals surface area (Å²) in [5.74, 6) is 0.552. The summed E-state index contributed by atoms with van der Waals surface area (Å²) in [5, 5.41) is 3.08. The van der Waals surface area contributed by atoms with Crippen LogP contribution in [0.15, 0.2) is 66.9 Å². The fourth-order valence-corrected chi connectivity index (χ4v) is 2.86. The van der Waals surface area contributed by atoms with Gasteiger partial charge in [-0.15, -0.1) is 6.58 Å². The highest BCUT2D eigenvalue weighted by Crippen LogP contribution is 2.31. The van der Waals surface area contributed by atoms with Crippen LogP contribution < -0.4 is 14.8 Å². The lowest BCUT2D eigenvalue weighted by atomic mass is 10.0. The third-order valence-electron chi connectivity index (χ3n) is 4.20. The van der Waals surface area contributed by atoms with Crippen molar-refractivity contribution in [2.24, 2.45) is 0 Å². The molecule has 138 valence electrons. The fraction of sp³-hybridized carbons (Fsp3) is 0.143. The molecule has 0 spiro atoms. The Hall–Kier alpha value is -3.54. The number of benzene rings is 2. The average molecular weight is 364 g/mol. The van der Waals surface area contributed by atoms with Gasteiger partial charge in [-0.1, -0.05) is 24.3 Å². The summed E-state index contributed by atoms with van der Waals surface area (Å²) in [6, 6.07) is 14.2. The minimum Gasteiger partial charge on any atom is -0.497 e. The molecule has 0 aromatic heterocycles. The predicted octanol–water partition coefficient (Wildman–Crippen LogP) is 3.08. The number of hydrogen-bond acceptors (Lipinski definition) is 5. The van der Waals surface area contributed by atoms with Crippen LogP contribution in [0.25, 0.3) is 5.57 Å². The third kappa shape index (κ3) is 3.55. The normalized spacial score (nSPS) is 13.8. The first-order valence-corrected chi connectivity index (χ1v) is 8.36. The molecule has 6 nitrogen and oxygen atoms in total. The Kier molecular flexibility index (Phi) is 5.26. The highest BCUT2D eigenvalue weighted by atomic mass is 16.5. The van der Waals surface area contributed by atoms with E-state index in [1.54, 1.807) is 62.8 Å². The number of imide groups is 1. The first kappa shape index (κ1) is 18.3. The van der Waals surface area contributed by atoms with Crippen molar-refractivity contribution in [2.75, 3.05) is 26.1 Å². The number of anilines is 1. The lowest BCUT2D eigenvalue weighted by Crippen LogP contribution is -2.32. The monoisotopic (exact) mass is 364 g/mol. The van der Waals surface area contributed by atoms with E-state index in [4.69, 9.17) is 9.47 Å². The summed E-state index contributed by atoms with van der Waals surface area (Å²) in [7, 11) is 3.14. The molecule has 0 fully saturated rings. The van der Waals surface area contributed by atoms with Crippen LogP contribution in [0.1, 0.15) is 5.56 Å². The Morgan fingerprint density at radius 1 is 1.00 bits per heavy atom. The van der Waals surface area contributed by atoms with Crippen LogP contribution in [0.3, 0.4) is 0 Å². The Morgan fingerprint density at radius 3 is 2.33 bits per heavy atom. The number of rotatable bonds is 7. The van der Waals surface area contributed by atoms with Gasteiger partial charge in [0, 0.05) is 18.3 Å². The van der Waals surface area contributed by atoms with Gasteiger partial charge in [0.25, 0.3) is 11.8 Å². The van der Waals surface area contributed by atoms with Crippen molar-refractivity contribution in [1.82, 2.24) is 4.90 Å². The van der Waals surface area contributed by atoms with Crippen LogP contribution in [-0.4, -0.2) is 37.5 Å². The molecule has 1 heterocycles. The van der Waals surface area contributed by atoms with Crippen LogP contribution in [0.5, 0.6) is 11.5 Å². The summed E-state index contributed by atoms with van der Waals surface area (Å²) in [6.07, 6.45) is 1.52. The van der Waals surface area contributed by atoms with Gasteiger partial charge in [0.2, 0.25) is 0 Å². The molecule has 27 heavy (non-hydrogen) atoms. The Morgan fingerprint density at radius 2 is 1.70 bits per heavy atom. The predicted molar refractivity (Wildman–Crippen MR) is 103 cm³/mol. The highest BCUT2D eigenvalue weighted by Gasteiger charge is 2.38. The lowest BCUT2D eigenvalue weighted by molar-refractivity contribution is -0.136. The van der Waals surface area contributed by atoms with Crippen LogP contribution in [0.2, 0.25) is 0 Å². The second-order valence-electron chi connectivity index (χ2n) is 5.85. The minimum atomic E-state index is -0.395. The van der Waals surface area contributed by atoms with Gasteiger partial charge in [-0.3, -0.25) is 14.5 Å². The first-order chi connectivity index (χ1) is 13.1. The van der Waals surface area contributed by atoms with E-state index in [1.807, 2.05) is 0 Å².